The number of carbonyl (C=O) groups excluding carboxylic acids is 9. The average Bonchev–Trinajstić information content (AvgIpc) is 1.62. The summed E-state index contributed by atoms with van der Waals surface area (Å²) in [6.45, 7) is 49.4. The Hall–Kier alpha value is -10.2. The molecule has 0 spiro atoms. The molecule has 38 heteroatoms. The Bertz CT molecular complexity index is 5260. The molecule has 3 fully saturated rings. The van der Waals surface area contributed by atoms with Gasteiger partial charge in [-0.1, -0.05) is 130 Å². The fraction of sp³-hybridized carbons (Fsp3) is 0.670. The lowest BCUT2D eigenvalue weighted by molar-refractivity contribution is -0.125. The maximum atomic E-state index is 13.2. The van der Waals surface area contributed by atoms with E-state index in [0.29, 0.717) is 44.2 Å². The number of nitrogens with zero attached hydrogens (tertiary/aromatic N) is 18. The highest BCUT2D eigenvalue weighted by Crippen LogP contribution is 2.40. The molecule has 1 aliphatic carbocycles. The Morgan fingerprint density at radius 2 is 0.881 bits per heavy atom. The molecule has 4 atom stereocenters. The van der Waals surface area contributed by atoms with Crippen LogP contribution in [0.2, 0.25) is 0 Å². The Labute approximate surface area is 800 Å². The average molecular weight is 1890 g/mol. The number of aromatic nitrogens is 12. The van der Waals surface area contributed by atoms with Crippen molar-refractivity contribution in [3.63, 3.8) is 0 Å². The lowest BCUT2D eigenvalue weighted by atomic mass is 9.84. The first kappa shape index (κ1) is 105. The van der Waals surface area contributed by atoms with Gasteiger partial charge >= 0.3 is 30.2 Å². The van der Waals surface area contributed by atoms with Crippen LogP contribution in [0.15, 0.2) is 36.1 Å². The van der Waals surface area contributed by atoms with E-state index in [-0.39, 0.29) is 53.3 Å². The highest BCUT2D eigenvalue weighted by Gasteiger charge is 2.43. The van der Waals surface area contributed by atoms with Crippen LogP contribution in [0, 0.1) is 21.7 Å². The number of pyridine rings is 1. The van der Waals surface area contributed by atoms with E-state index in [1.807, 2.05) is 105 Å². The SMILES string of the molecule is CCN1CCc2c(c(-c3cccnc3)nn2C(=O)N[C@H](C(=O)NC)C(C)(C)C)C1.CN1CCc2c(c(C(C)(C)C)nn2C(=O)N2CCOCC2)C1.CN1CCc2c(c(C3CCCCC3)nn2C(=O)N[C@H](C(N)=O)C(C)(C)C)C1.CNC(=O)[C@@H](NC(=O)n1nc(-c2nccs2)c2c1CCN(C(C)C)C2)C(C)(C)C.CNC(=O)[C@@H](NC(=O)n1nc(C2CCOCC2)c2c1CCN(C)C2)C(C)(C)C. The second kappa shape index (κ2) is 44.9. The summed E-state index contributed by atoms with van der Waals surface area (Å²) < 4.78 is 18.4. The van der Waals surface area contributed by atoms with E-state index >= 15 is 0 Å². The van der Waals surface area contributed by atoms with Crippen LogP contribution in [-0.2, 0) is 98.9 Å². The summed E-state index contributed by atoms with van der Waals surface area (Å²) in [5, 5.41) is 45.7. The van der Waals surface area contributed by atoms with E-state index in [1.54, 1.807) is 44.4 Å². The van der Waals surface area contributed by atoms with E-state index in [9.17, 15) is 43.2 Å². The molecule has 9 N–H and O–H groups in total. The van der Waals surface area contributed by atoms with Crippen LogP contribution in [0.3, 0.4) is 0 Å². The van der Waals surface area contributed by atoms with Crippen molar-refractivity contribution in [1.82, 2.24) is 125 Å². The van der Waals surface area contributed by atoms with Gasteiger partial charge < -0.3 is 72.0 Å². The van der Waals surface area contributed by atoms with Gasteiger partial charge in [0.25, 0.3) is 0 Å². The zero-order valence-corrected chi connectivity index (χ0v) is 85.4. The zero-order chi connectivity index (χ0) is 98.7. The minimum atomic E-state index is -0.741. The predicted molar refractivity (Wildman–Crippen MR) is 520 cm³/mol. The number of rotatable bonds is 14. The van der Waals surface area contributed by atoms with Crippen LogP contribution >= 0.6 is 11.3 Å². The first-order chi connectivity index (χ1) is 63.7. The van der Waals surface area contributed by atoms with Gasteiger partial charge in [-0.3, -0.25) is 34.0 Å². The molecule has 1 saturated carbocycles. The van der Waals surface area contributed by atoms with Crippen LogP contribution in [0.5, 0.6) is 0 Å². The summed E-state index contributed by atoms with van der Waals surface area (Å²) >= 11 is 1.51. The third kappa shape index (κ3) is 25.6. The largest absolute Gasteiger partial charge is 0.381 e. The Balaban J connectivity index is 0.000000163. The number of likely N-dealkylation sites (N-methyl/N-ethyl adjacent to an activating group) is 7. The molecule has 8 aliphatic rings. The molecule has 0 bridgehead atoms. The Morgan fingerprint density at radius 3 is 1.30 bits per heavy atom. The highest BCUT2D eigenvalue weighted by molar-refractivity contribution is 7.13. The van der Waals surface area contributed by atoms with Gasteiger partial charge in [-0.15, -0.1) is 11.3 Å². The normalized spacial score (nSPS) is 18.1. The van der Waals surface area contributed by atoms with Crippen molar-refractivity contribution >= 4 is 65.1 Å². The van der Waals surface area contributed by atoms with Gasteiger partial charge in [-0.05, 0) is 101 Å². The fourth-order valence-corrected chi connectivity index (χ4v) is 19.5. The minimum absolute atomic E-state index is 0.000368. The second-order valence-electron chi connectivity index (χ2n) is 42.6. The van der Waals surface area contributed by atoms with Gasteiger partial charge in [-0.25, -0.2) is 29.0 Å². The van der Waals surface area contributed by atoms with E-state index < -0.39 is 51.7 Å². The summed E-state index contributed by atoms with van der Waals surface area (Å²) in [5.41, 5.74) is 19.9. The number of nitrogens with one attached hydrogen (secondary N) is 7. The number of hydrogen-bond acceptors (Lipinski definition) is 24. The molecule has 7 aromatic heterocycles. The maximum Gasteiger partial charge on any atom is 0.345 e. The Morgan fingerprint density at radius 1 is 0.467 bits per heavy atom. The van der Waals surface area contributed by atoms with Crippen molar-refractivity contribution in [3.8, 4) is 22.0 Å². The number of ether oxygens (including phenoxy) is 2. The summed E-state index contributed by atoms with van der Waals surface area (Å²) in [4.78, 5) is 136. The molecule has 0 radical (unpaired) electrons. The number of thiazole rings is 1. The topological polar surface area (TPSA) is 417 Å². The summed E-state index contributed by atoms with van der Waals surface area (Å²) in [6.07, 6.45) is 17.0. The molecule has 15 rings (SSSR count). The number of fused-ring (bicyclic) bond motifs is 5. The predicted octanol–water partition coefficient (Wildman–Crippen LogP) is 9.86. The number of hydrogen-bond donors (Lipinski definition) is 8. The lowest BCUT2D eigenvalue weighted by Gasteiger charge is -2.31. The monoisotopic (exact) mass is 1890 g/mol. The van der Waals surface area contributed by atoms with Gasteiger partial charge in [0.15, 0.2) is 0 Å². The van der Waals surface area contributed by atoms with Crippen LogP contribution in [0.4, 0.5) is 24.0 Å². The second-order valence-corrected chi connectivity index (χ2v) is 43.5. The number of amides is 9. The van der Waals surface area contributed by atoms with Crippen molar-refractivity contribution in [2.75, 3.05) is 121 Å². The van der Waals surface area contributed by atoms with Crippen molar-refractivity contribution in [1.29, 1.82) is 0 Å². The molecule has 135 heavy (non-hydrogen) atoms. The van der Waals surface area contributed by atoms with E-state index in [0.717, 1.165) is 222 Å². The lowest BCUT2D eigenvalue weighted by Crippen LogP contribution is -2.54. The third-order valence-electron chi connectivity index (χ3n) is 26.7. The zero-order valence-electron chi connectivity index (χ0n) is 84.5. The molecular formula is C97H152N26O11S. The molecule has 0 aromatic carbocycles. The van der Waals surface area contributed by atoms with E-state index in [4.69, 9.17) is 30.5 Å². The number of morpholine rings is 1. The maximum absolute atomic E-state index is 13.2. The van der Waals surface area contributed by atoms with E-state index in [2.05, 4.69) is 145 Å². The van der Waals surface area contributed by atoms with Gasteiger partial charge in [0.1, 0.15) is 34.9 Å². The van der Waals surface area contributed by atoms with E-state index in [1.165, 1.54) is 66.0 Å². The standard InChI is InChI=1S/C21H30N6O2.C20H30N6O2S.C20H33N5O3.C20H33N5O2.C16H26N4O2/c1-6-26-11-9-16-15(13-26)17(14-8-7-10-23-12-14)25-27(16)20(29)24-18(19(28)22-5)21(2,3)4;1-12(2)25-9-7-14-13(11-25)15(18-22-8-10-29-18)24-26(14)19(28)23-16(17(27)21-6)20(3,4)5;1-20(2,3)17(18(26)21-4)22-19(27)25-15-6-9-24(5)12-14(15)16(23-25)13-7-10-28-11-8-13;1-20(2,3)17(18(21)26)22-19(27)25-15-10-11-24(4)12-14(15)16(23-25)13-8-6-5-7-9-13;1-16(2,3)14-12-11-18(4)6-5-13(12)20(17-14)15(21)19-7-9-22-10-8-19/h7-8,10,12,18H,6,9,11,13H2,1-5H3,(H,22,28)(H,24,29);8,10,12,16H,7,9,11H2,1-6H3,(H,21,27)(H,23,28);13,17H,6-12H2,1-5H3,(H,21,26)(H,22,27);13,17H,5-12H2,1-4H3,(H2,21,26)(H,22,27);5-11H2,1-4H3/t18-;16-;2*17-;/m1111./s1. The molecular weight excluding hydrogens is 1740 g/mol. The van der Waals surface area contributed by atoms with Gasteiger partial charge in [0.2, 0.25) is 23.6 Å². The molecule has 0 unspecified atom stereocenters. The molecule has 37 nitrogen and oxygen atoms in total. The van der Waals surface area contributed by atoms with Crippen molar-refractivity contribution in [2.24, 2.45) is 27.4 Å². The van der Waals surface area contributed by atoms with Gasteiger partial charge in [-0.2, -0.15) is 48.9 Å². The van der Waals surface area contributed by atoms with Crippen LogP contribution in [0.1, 0.15) is 255 Å². The van der Waals surface area contributed by atoms with Gasteiger partial charge in [0.05, 0.1) is 64.5 Å². The first-order valence-corrected chi connectivity index (χ1v) is 49.0. The van der Waals surface area contributed by atoms with Crippen LogP contribution in [-0.4, -0.2) is 293 Å². The molecule has 742 valence electrons. The molecule has 2 saturated heterocycles. The molecule has 7 aromatic rings. The third-order valence-corrected chi connectivity index (χ3v) is 27.4. The van der Waals surface area contributed by atoms with Gasteiger partial charge in [0, 0.05) is 226 Å². The van der Waals surface area contributed by atoms with Crippen LogP contribution in [0.25, 0.3) is 22.0 Å². The fourth-order valence-electron chi connectivity index (χ4n) is 18.8. The van der Waals surface area contributed by atoms with Crippen molar-refractivity contribution < 1.29 is 52.6 Å². The smallest absolute Gasteiger partial charge is 0.345 e. The quantitative estimate of drug-likeness (QED) is 0.0502. The molecule has 9 amide bonds. The first-order valence-electron chi connectivity index (χ1n) is 48.2. The summed E-state index contributed by atoms with van der Waals surface area (Å²) in [7, 11) is 11.1. The highest BCUT2D eigenvalue weighted by atomic mass is 32.1. The summed E-state index contributed by atoms with van der Waals surface area (Å²) in [6, 6.07) is 0.0544. The number of primary amides is 1. The summed E-state index contributed by atoms with van der Waals surface area (Å²) in [5.74, 6) is -0.423. The molecule has 7 aliphatic heterocycles. The number of nitrogens with two attached hydrogens (primary N) is 1. The Kier molecular flexibility index (Phi) is 35.0. The van der Waals surface area contributed by atoms with Crippen molar-refractivity contribution in [2.45, 2.75) is 282 Å². The van der Waals surface area contributed by atoms with Crippen molar-refractivity contribution in [3.05, 3.63) is 109 Å². The number of carbonyl (C=O) groups is 9. The minimum Gasteiger partial charge on any atom is -0.381 e. The molecule has 14 heterocycles. The van der Waals surface area contributed by atoms with Crippen LogP contribution < -0.4 is 43.0 Å².